The fourth-order valence-electron chi connectivity index (χ4n) is 1.57. The monoisotopic (exact) mass is 246 g/mol. The summed E-state index contributed by atoms with van der Waals surface area (Å²) in [5.41, 5.74) is -0.102. The molecule has 3 nitrogen and oxygen atoms in total. The van der Waals surface area contributed by atoms with Gasteiger partial charge in [0.2, 0.25) is 0 Å². The van der Waals surface area contributed by atoms with Gasteiger partial charge in [0, 0.05) is 5.41 Å². The number of aliphatic hydroxyl groups is 1. The molecule has 1 saturated heterocycles. The molecule has 1 rings (SSSR count). The van der Waals surface area contributed by atoms with E-state index >= 15 is 0 Å². The molecule has 2 unspecified atom stereocenters. The van der Waals surface area contributed by atoms with Crippen molar-refractivity contribution in [2.75, 3.05) is 6.61 Å². The average Bonchev–Trinajstić information content (AvgIpc) is 2.29. The summed E-state index contributed by atoms with van der Waals surface area (Å²) < 4.78 is 11.5. The van der Waals surface area contributed by atoms with Crippen molar-refractivity contribution in [2.45, 2.75) is 65.1 Å². The fourth-order valence-corrected chi connectivity index (χ4v) is 2.99. The Kier molecular flexibility index (Phi) is 3.62. The molecule has 16 heavy (non-hydrogen) atoms. The van der Waals surface area contributed by atoms with Crippen molar-refractivity contribution in [3.8, 4) is 0 Å². The number of ether oxygens (including phenoxy) is 1. The van der Waals surface area contributed by atoms with Crippen molar-refractivity contribution < 1.29 is 14.3 Å². The molecule has 2 atom stereocenters. The first-order chi connectivity index (χ1) is 6.97. The zero-order valence-corrected chi connectivity index (χ0v) is 12.6. The van der Waals surface area contributed by atoms with Crippen LogP contribution in [0.3, 0.4) is 0 Å². The van der Waals surface area contributed by atoms with E-state index in [1.54, 1.807) is 0 Å². The van der Waals surface area contributed by atoms with Gasteiger partial charge in [-0.3, -0.25) is 0 Å². The van der Waals surface area contributed by atoms with Crippen molar-refractivity contribution in [1.82, 2.24) is 0 Å². The van der Waals surface area contributed by atoms with E-state index < -0.39 is 14.6 Å². The molecule has 0 saturated carbocycles. The molecule has 0 amide bonds. The Morgan fingerprint density at radius 1 is 1.31 bits per heavy atom. The SMILES string of the molecule is CC1(C)COC(O)C1O[Si](C)(C)C(C)(C)C. The number of rotatable bonds is 2. The highest BCUT2D eigenvalue weighted by Gasteiger charge is 2.49. The van der Waals surface area contributed by atoms with E-state index in [2.05, 4.69) is 47.7 Å². The van der Waals surface area contributed by atoms with Crippen LogP contribution in [0.5, 0.6) is 0 Å². The Bertz CT molecular complexity index is 255. The Morgan fingerprint density at radius 2 is 1.81 bits per heavy atom. The maximum absolute atomic E-state index is 9.83. The lowest BCUT2D eigenvalue weighted by atomic mass is 9.90. The number of hydrogen-bond donors (Lipinski definition) is 1. The molecule has 1 fully saturated rings. The van der Waals surface area contributed by atoms with Gasteiger partial charge in [0.25, 0.3) is 0 Å². The number of aliphatic hydroxyl groups excluding tert-OH is 1. The lowest BCUT2D eigenvalue weighted by Crippen LogP contribution is -2.49. The van der Waals surface area contributed by atoms with Crippen LogP contribution in [-0.2, 0) is 9.16 Å². The van der Waals surface area contributed by atoms with Crippen LogP contribution in [0.4, 0.5) is 0 Å². The molecule has 0 aliphatic carbocycles. The van der Waals surface area contributed by atoms with Gasteiger partial charge in [-0.25, -0.2) is 0 Å². The normalized spacial score (nSPS) is 30.8. The molecule has 0 aromatic rings. The minimum Gasteiger partial charge on any atom is -0.408 e. The maximum Gasteiger partial charge on any atom is 0.192 e. The van der Waals surface area contributed by atoms with Gasteiger partial charge in [-0.1, -0.05) is 34.6 Å². The van der Waals surface area contributed by atoms with E-state index in [1.807, 2.05) is 0 Å². The molecule has 0 radical (unpaired) electrons. The third kappa shape index (κ3) is 2.67. The predicted molar refractivity (Wildman–Crippen MR) is 67.8 cm³/mol. The summed E-state index contributed by atoms with van der Waals surface area (Å²) in [7, 11) is -1.84. The third-order valence-electron chi connectivity index (χ3n) is 3.88. The van der Waals surface area contributed by atoms with Crippen LogP contribution in [0.1, 0.15) is 34.6 Å². The second-order valence-corrected chi connectivity index (χ2v) is 11.7. The van der Waals surface area contributed by atoms with Gasteiger partial charge in [-0.2, -0.15) is 0 Å². The molecule has 1 aliphatic rings. The van der Waals surface area contributed by atoms with Gasteiger partial charge in [-0.05, 0) is 18.1 Å². The lowest BCUT2D eigenvalue weighted by Gasteiger charge is -2.41. The third-order valence-corrected chi connectivity index (χ3v) is 8.34. The maximum atomic E-state index is 9.83. The largest absolute Gasteiger partial charge is 0.408 e. The smallest absolute Gasteiger partial charge is 0.192 e. The molecule has 0 spiro atoms. The van der Waals surface area contributed by atoms with Gasteiger partial charge in [0.05, 0.1) is 6.61 Å². The van der Waals surface area contributed by atoms with E-state index in [-0.39, 0.29) is 16.6 Å². The average molecular weight is 246 g/mol. The van der Waals surface area contributed by atoms with Crippen molar-refractivity contribution in [3.63, 3.8) is 0 Å². The first-order valence-electron chi connectivity index (χ1n) is 5.95. The second kappa shape index (κ2) is 4.09. The Morgan fingerprint density at radius 3 is 2.12 bits per heavy atom. The summed E-state index contributed by atoms with van der Waals surface area (Å²) >= 11 is 0. The fraction of sp³-hybridized carbons (Fsp3) is 1.00. The van der Waals surface area contributed by atoms with Crippen LogP contribution in [-0.4, -0.2) is 32.4 Å². The molecular weight excluding hydrogens is 220 g/mol. The standard InChI is InChI=1S/C12H26O3Si/c1-11(2,3)16(6,7)15-9-10(13)14-8-12(9,4)5/h9-10,13H,8H2,1-7H3. The first-order valence-corrected chi connectivity index (χ1v) is 8.86. The van der Waals surface area contributed by atoms with E-state index in [1.165, 1.54) is 0 Å². The molecule has 96 valence electrons. The lowest BCUT2D eigenvalue weighted by molar-refractivity contribution is -0.107. The summed E-state index contributed by atoms with van der Waals surface area (Å²) in [5.74, 6) is 0. The van der Waals surface area contributed by atoms with Gasteiger partial charge >= 0.3 is 0 Å². The quantitative estimate of drug-likeness (QED) is 0.761. The summed E-state index contributed by atoms with van der Waals surface area (Å²) in [6.45, 7) is 15.7. The van der Waals surface area contributed by atoms with Crippen LogP contribution < -0.4 is 0 Å². The van der Waals surface area contributed by atoms with E-state index in [4.69, 9.17) is 9.16 Å². The van der Waals surface area contributed by atoms with Crippen molar-refractivity contribution in [1.29, 1.82) is 0 Å². The van der Waals surface area contributed by atoms with Gasteiger partial charge in [0.15, 0.2) is 14.6 Å². The Labute approximate surface area is 100 Å². The van der Waals surface area contributed by atoms with E-state index in [9.17, 15) is 5.11 Å². The summed E-state index contributed by atoms with van der Waals surface area (Å²) in [6, 6.07) is 0. The van der Waals surface area contributed by atoms with Crippen LogP contribution in [0, 0.1) is 5.41 Å². The van der Waals surface area contributed by atoms with E-state index in [0.717, 1.165) is 0 Å². The molecule has 4 heteroatoms. The highest BCUT2D eigenvalue weighted by Crippen LogP contribution is 2.42. The van der Waals surface area contributed by atoms with Crippen molar-refractivity contribution >= 4 is 8.32 Å². The molecule has 1 aliphatic heterocycles. The zero-order chi connectivity index (χ0) is 12.8. The predicted octanol–water partition coefficient (Wildman–Crippen LogP) is 2.75. The molecule has 0 aromatic heterocycles. The van der Waals surface area contributed by atoms with Gasteiger partial charge in [0.1, 0.15) is 6.10 Å². The summed E-state index contributed by atoms with van der Waals surface area (Å²) in [4.78, 5) is 0. The minimum atomic E-state index is -1.84. The van der Waals surface area contributed by atoms with Crippen LogP contribution >= 0.6 is 0 Å². The Hall–Kier alpha value is 0.0969. The number of hydrogen-bond acceptors (Lipinski definition) is 3. The van der Waals surface area contributed by atoms with Crippen LogP contribution in [0.25, 0.3) is 0 Å². The van der Waals surface area contributed by atoms with Crippen LogP contribution in [0.2, 0.25) is 18.1 Å². The van der Waals surface area contributed by atoms with Crippen molar-refractivity contribution in [3.05, 3.63) is 0 Å². The highest BCUT2D eigenvalue weighted by molar-refractivity contribution is 6.74. The topological polar surface area (TPSA) is 38.7 Å². The summed E-state index contributed by atoms with van der Waals surface area (Å²) in [5, 5.41) is 9.99. The second-order valence-electron chi connectivity index (χ2n) is 6.99. The molecule has 0 aromatic carbocycles. The molecule has 1 heterocycles. The van der Waals surface area contributed by atoms with Crippen LogP contribution in [0.15, 0.2) is 0 Å². The van der Waals surface area contributed by atoms with Crippen molar-refractivity contribution in [2.24, 2.45) is 5.41 Å². The highest BCUT2D eigenvalue weighted by atomic mass is 28.4. The zero-order valence-electron chi connectivity index (χ0n) is 11.6. The molecular formula is C12H26O3Si. The minimum absolute atomic E-state index is 0.102. The molecule has 1 N–H and O–H groups in total. The van der Waals surface area contributed by atoms with Gasteiger partial charge < -0.3 is 14.3 Å². The Balaban J connectivity index is 2.81. The van der Waals surface area contributed by atoms with Gasteiger partial charge in [-0.15, -0.1) is 0 Å². The first kappa shape index (κ1) is 14.2. The van der Waals surface area contributed by atoms with E-state index in [0.29, 0.717) is 6.61 Å². The summed E-state index contributed by atoms with van der Waals surface area (Å²) in [6.07, 6.45) is -0.975. The molecule has 0 bridgehead atoms.